The van der Waals surface area contributed by atoms with Crippen molar-refractivity contribution in [3.05, 3.63) is 35.4 Å². The zero-order valence-corrected chi connectivity index (χ0v) is 10.8. The highest BCUT2D eigenvalue weighted by Gasteiger charge is 2.23. The Morgan fingerprint density at radius 3 is 2.22 bits per heavy atom. The Bertz CT molecular complexity index is 413. The molecule has 2 fully saturated rings. The molecule has 1 aromatic rings. The van der Waals surface area contributed by atoms with Crippen LogP contribution in [0.5, 0.6) is 0 Å². The number of nitrogens with one attached hydrogen (secondary N) is 1. The summed E-state index contributed by atoms with van der Waals surface area (Å²) in [5, 5.41) is 3.31. The summed E-state index contributed by atoms with van der Waals surface area (Å²) in [6.07, 6.45) is 5.98. The molecule has 2 nitrogen and oxygen atoms in total. The predicted octanol–water partition coefficient (Wildman–Crippen LogP) is 3.14. The fraction of sp³-hybridized carbons (Fsp3) is 0.562. The van der Waals surface area contributed by atoms with Crippen LogP contribution in [0.15, 0.2) is 24.3 Å². The van der Waals surface area contributed by atoms with E-state index in [9.17, 15) is 4.79 Å². The number of ketones is 1. The number of carbonyl (C=O) groups excluding carboxylic acids is 1. The third-order valence-corrected chi connectivity index (χ3v) is 4.48. The fourth-order valence-corrected chi connectivity index (χ4v) is 2.98. The molecule has 1 aliphatic heterocycles. The van der Waals surface area contributed by atoms with E-state index in [1.165, 1.54) is 24.8 Å². The molecule has 18 heavy (non-hydrogen) atoms. The molecular weight excluding hydrogens is 222 g/mol. The number of benzene rings is 1. The van der Waals surface area contributed by atoms with Gasteiger partial charge in [0.25, 0.3) is 0 Å². The van der Waals surface area contributed by atoms with E-state index < -0.39 is 0 Å². The molecule has 1 heterocycles. The molecule has 0 unspecified atom stereocenters. The van der Waals surface area contributed by atoms with Crippen LogP contribution in [0.4, 0.5) is 0 Å². The highest BCUT2D eigenvalue weighted by atomic mass is 16.1. The van der Waals surface area contributed by atoms with Gasteiger partial charge < -0.3 is 5.32 Å². The van der Waals surface area contributed by atoms with Crippen molar-refractivity contribution in [3.63, 3.8) is 0 Å². The molecule has 2 aliphatic rings. The van der Waals surface area contributed by atoms with E-state index in [-0.39, 0.29) is 5.92 Å². The lowest BCUT2D eigenvalue weighted by Gasteiger charge is -2.26. The van der Waals surface area contributed by atoms with Gasteiger partial charge in [-0.1, -0.05) is 30.7 Å². The molecule has 1 aromatic carbocycles. The zero-order valence-electron chi connectivity index (χ0n) is 10.8. The second-order valence-corrected chi connectivity index (χ2v) is 5.64. The summed E-state index contributed by atoms with van der Waals surface area (Å²) in [6, 6.07) is 8.41. The first-order valence-electron chi connectivity index (χ1n) is 7.19. The van der Waals surface area contributed by atoms with E-state index in [1.54, 1.807) is 0 Å². The molecule has 1 saturated heterocycles. The van der Waals surface area contributed by atoms with Crippen LogP contribution in [0.2, 0.25) is 0 Å². The summed E-state index contributed by atoms with van der Waals surface area (Å²) < 4.78 is 0. The molecule has 1 aliphatic carbocycles. The number of hydrogen-bond acceptors (Lipinski definition) is 2. The molecule has 0 atom stereocenters. The molecular formula is C16H21NO. The quantitative estimate of drug-likeness (QED) is 0.826. The molecule has 0 spiro atoms. The minimum atomic E-state index is 0.237. The normalized spacial score (nSPS) is 21.6. The van der Waals surface area contributed by atoms with Crippen LogP contribution in [-0.4, -0.2) is 18.9 Å². The Hall–Kier alpha value is -1.15. The van der Waals surface area contributed by atoms with Crippen molar-refractivity contribution in [2.45, 2.75) is 38.0 Å². The van der Waals surface area contributed by atoms with Gasteiger partial charge in [0.2, 0.25) is 0 Å². The van der Waals surface area contributed by atoms with Crippen molar-refractivity contribution >= 4 is 5.78 Å². The third-order valence-electron chi connectivity index (χ3n) is 4.48. The topological polar surface area (TPSA) is 29.1 Å². The van der Waals surface area contributed by atoms with Crippen LogP contribution in [0.25, 0.3) is 0 Å². The lowest BCUT2D eigenvalue weighted by Crippen LogP contribution is -2.31. The van der Waals surface area contributed by atoms with E-state index in [0.29, 0.717) is 5.78 Å². The maximum absolute atomic E-state index is 12.3. The van der Waals surface area contributed by atoms with Crippen LogP contribution < -0.4 is 5.32 Å². The summed E-state index contributed by atoms with van der Waals surface area (Å²) in [5.41, 5.74) is 2.33. The van der Waals surface area contributed by atoms with Crippen molar-refractivity contribution in [1.82, 2.24) is 5.32 Å². The number of carbonyl (C=O) groups is 1. The maximum atomic E-state index is 12.3. The first-order chi connectivity index (χ1) is 8.84. The van der Waals surface area contributed by atoms with Crippen molar-refractivity contribution in [3.8, 4) is 0 Å². The molecule has 1 saturated carbocycles. The van der Waals surface area contributed by atoms with Crippen LogP contribution >= 0.6 is 0 Å². The van der Waals surface area contributed by atoms with Crippen molar-refractivity contribution in [2.75, 3.05) is 13.1 Å². The highest BCUT2D eigenvalue weighted by Crippen LogP contribution is 2.36. The molecule has 3 rings (SSSR count). The third kappa shape index (κ3) is 2.35. The van der Waals surface area contributed by atoms with E-state index in [1.807, 2.05) is 12.1 Å². The SMILES string of the molecule is O=C(c1ccc(C2CCC2)cc1)C1CCNCC1. The lowest BCUT2D eigenvalue weighted by atomic mass is 9.79. The van der Waals surface area contributed by atoms with Crippen LogP contribution in [0.3, 0.4) is 0 Å². The van der Waals surface area contributed by atoms with Gasteiger partial charge in [-0.15, -0.1) is 0 Å². The molecule has 0 bridgehead atoms. The van der Waals surface area contributed by atoms with E-state index in [4.69, 9.17) is 0 Å². The maximum Gasteiger partial charge on any atom is 0.166 e. The van der Waals surface area contributed by atoms with Gasteiger partial charge in [-0.05, 0) is 50.3 Å². The first kappa shape index (κ1) is 11.9. The Morgan fingerprint density at radius 1 is 1.00 bits per heavy atom. The standard InChI is InChI=1S/C16H21NO/c18-16(15-8-10-17-11-9-15)14-6-4-13(5-7-14)12-2-1-3-12/h4-7,12,15,17H,1-3,8-11H2. The molecule has 0 amide bonds. The van der Waals surface area contributed by atoms with E-state index in [0.717, 1.165) is 37.4 Å². The van der Waals surface area contributed by atoms with Crippen LogP contribution in [-0.2, 0) is 0 Å². The highest BCUT2D eigenvalue weighted by molar-refractivity contribution is 5.97. The van der Waals surface area contributed by atoms with Gasteiger partial charge in [-0.3, -0.25) is 4.79 Å². The molecule has 1 N–H and O–H groups in total. The summed E-state index contributed by atoms with van der Waals surface area (Å²) in [6.45, 7) is 1.97. The van der Waals surface area contributed by atoms with Gasteiger partial charge in [0, 0.05) is 11.5 Å². The minimum absolute atomic E-state index is 0.237. The average Bonchev–Trinajstić information content (AvgIpc) is 2.38. The fourth-order valence-electron chi connectivity index (χ4n) is 2.98. The number of rotatable bonds is 3. The Kier molecular flexibility index (Phi) is 3.46. The second-order valence-electron chi connectivity index (χ2n) is 5.64. The van der Waals surface area contributed by atoms with Crippen LogP contribution in [0.1, 0.15) is 53.9 Å². The predicted molar refractivity (Wildman–Crippen MR) is 73.0 cm³/mol. The number of piperidine rings is 1. The van der Waals surface area contributed by atoms with Crippen molar-refractivity contribution in [1.29, 1.82) is 0 Å². The van der Waals surface area contributed by atoms with Gasteiger partial charge in [0.05, 0.1) is 0 Å². The minimum Gasteiger partial charge on any atom is -0.317 e. The summed E-state index contributed by atoms with van der Waals surface area (Å²) in [4.78, 5) is 12.3. The average molecular weight is 243 g/mol. The lowest BCUT2D eigenvalue weighted by molar-refractivity contribution is 0.0895. The second kappa shape index (κ2) is 5.23. The first-order valence-corrected chi connectivity index (χ1v) is 7.19. The summed E-state index contributed by atoms with van der Waals surface area (Å²) in [7, 11) is 0. The largest absolute Gasteiger partial charge is 0.317 e. The van der Waals surface area contributed by atoms with E-state index in [2.05, 4.69) is 17.4 Å². The molecule has 0 radical (unpaired) electrons. The van der Waals surface area contributed by atoms with Gasteiger partial charge in [0.15, 0.2) is 5.78 Å². The van der Waals surface area contributed by atoms with Crippen LogP contribution in [0, 0.1) is 5.92 Å². The molecule has 2 heteroatoms. The number of Topliss-reactive ketones (excluding diaryl/α,β-unsaturated/α-hetero) is 1. The van der Waals surface area contributed by atoms with Crippen molar-refractivity contribution < 1.29 is 4.79 Å². The van der Waals surface area contributed by atoms with E-state index >= 15 is 0 Å². The van der Waals surface area contributed by atoms with Gasteiger partial charge in [-0.25, -0.2) is 0 Å². The summed E-state index contributed by atoms with van der Waals surface area (Å²) >= 11 is 0. The molecule has 0 aromatic heterocycles. The molecule has 96 valence electrons. The van der Waals surface area contributed by atoms with Gasteiger partial charge in [0.1, 0.15) is 0 Å². The zero-order chi connectivity index (χ0) is 12.4. The number of hydrogen-bond donors (Lipinski definition) is 1. The Morgan fingerprint density at radius 2 is 1.67 bits per heavy atom. The monoisotopic (exact) mass is 243 g/mol. The Labute approximate surface area is 109 Å². The van der Waals surface area contributed by atoms with Gasteiger partial charge >= 0.3 is 0 Å². The van der Waals surface area contributed by atoms with Crippen molar-refractivity contribution in [2.24, 2.45) is 5.92 Å². The Balaban J connectivity index is 1.69. The summed E-state index contributed by atoms with van der Waals surface area (Å²) in [5.74, 6) is 1.34. The van der Waals surface area contributed by atoms with Gasteiger partial charge in [-0.2, -0.15) is 0 Å². The smallest absolute Gasteiger partial charge is 0.166 e.